The number of methoxy groups -OCH3 is 3. The van der Waals surface area contributed by atoms with E-state index in [1.807, 2.05) is 66.7 Å². The molecule has 0 atom stereocenters. The molecular weight excluding hydrogens is 420 g/mol. The number of rotatable bonds is 6. The van der Waals surface area contributed by atoms with Crippen LogP contribution in [0.3, 0.4) is 0 Å². The first-order valence-electron chi connectivity index (χ1n) is 10.2. The number of carbonyl (C=O) groups is 2. The fourth-order valence-corrected chi connectivity index (χ4v) is 3.68. The van der Waals surface area contributed by atoms with Gasteiger partial charge in [0.1, 0.15) is 17.0 Å². The SMILES string of the molecule is COC(=O)c1c(-c2ccccc2-c2cccc(OC)c2)nn(-c2ccccc2)c1C(=O)OC. The Kier molecular flexibility index (Phi) is 6.22. The van der Waals surface area contributed by atoms with Crippen LogP contribution in [0.15, 0.2) is 78.9 Å². The van der Waals surface area contributed by atoms with E-state index in [0.717, 1.165) is 11.1 Å². The standard InChI is InChI=1S/C26H22N2O5/c1-31-19-13-9-10-17(16-19)20-14-7-8-15-21(20)23-22(25(29)32-2)24(26(30)33-3)28(27-23)18-11-5-4-6-12-18/h4-16H,1-3H3. The average molecular weight is 442 g/mol. The third kappa shape index (κ3) is 4.08. The highest BCUT2D eigenvalue weighted by molar-refractivity contribution is 6.08. The average Bonchev–Trinajstić information content (AvgIpc) is 3.29. The molecule has 0 amide bonds. The highest BCUT2D eigenvalue weighted by atomic mass is 16.5. The van der Waals surface area contributed by atoms with Gasteiger partial charge in [-0.05, 0) is 35.4 Å². The smallest absolute Gasteiger partial charge is 0.357 e. The van der Waals surface area contributed by atoms with Crippen molar-refractivity contribution in [2.45, 2.75) is 0 Å². The summed E-state index contributed by atoms with van der Waals surface area (Å²) >= 11 is 0. The van der Waals surface area contributed by atoms with Gasteiger partial charge >= 0.3 is 11.9 Å². The molecule has 4 rings (SSSR count). The van der Waals surface area contributed by atoms with Crippen LogP contribution in [-0.4, -0.2) is 43.0 Å². The molecule has 4 aromatic rings. The van der Waals surface area contributed by atoms with Gasteiger partial charge in [0.15, 0.2) is 5.69 Å². The lowest BCUT2D eigenvalue weighted by atomic mass is 9.95. The number of ether oxygens (including phenoxy) is 3. The van der Waals surface area contributed by atoms with Crippen LogP contribution >= 0.6 is 0 Å². The van der Waals surface area contributed by atoms with Crippen LogP contribution in [0.1, 0.15) is 20.8 Å². The molecule has 0 radical (unpaired) electrons. The maximum absolute atomic E-state index is 12.9. The van der Waals surface area contributed by atoms with E-state index in [2.05, 4.69) is 0 Å². The van der Waals surface area contributed by atoms with Crippen LogP contribution in [0, 0.1) is 0 Å². The fraction of sp³-hybridized carbons (Fsp3) is 0.115. The maximum atomic E-state index is 12.9. The quantitative estimate of drug-likeness (QED) is 0.400. The minimum absolute atomic E-state index is 0.00834. The van der Waals surface area contributed by atoms with E-state index in [1.54, 1.807) is 19.2 Å². The molecule has 33 heavy (non-hydrogen) atoms. The van der Waals surface area contributed by atoms with Crippen molar-refractivity contribution in [3.8, 4) is 33.8 Å². The van der Waals surface area contributed by atoms with Gasteiger partial charge < -0.3 is 14.2 Å². The van der Waals surface area contributed by atoms with Crippen LogP contribution in [0.2, 0.25) is 0 Å². The first-order valence-corrected chi connectivity index (χ1v) is 10.2. The molecule has 0 unspecified atom stereocenters. The molecule has 7 nitrogen and oxygen atoms in total. The van der Waals surface area contributed by atoms with Crippen molar-refractivity contribution in [2.24, 2.45) is 0 Å². The van der Waals surface area contributed by atoms with Crippen LogP contribution in [-0.2, 0) is 9.47 Å². The zero-order valence-corrected chi connectivity index (χ0v) is 18.4. The van der Waals surface area contributed by atoms with Gasteiger partial charge in [-0.2, -0.15) is 5.10 Å². The van der Waals surface area contributed by atoms with Crippen LogP contribution in [0.5, 0.6) is 5.75 Å². The van der Waals surface area contributed by atoms with Crippen molar-refractivity contribution >= 4 is 11.9 Å². The second kappa shape index (κ2) is 9.40. The molecule has 3 aromatic carbocycles. The van der Waals surface area contributed by atoms with Crippen molar-refractivity contribution < 1.29 is 23.8 Å². The molecule has 0 spiro atoms. The summed E-state index contributed by atoms with van der Waals surface area (Å²) in [4.78, 5) is 25.8. The van der Waals surface area contributed by atoms with Crippen molar-refractivity contribution in [1.82, 2.24) is 9.78 Å². The predicted octanol–water partition coefficient (Wildman–Crippen LogP) is 4.79. The minimum Gasteiger partial charge on any atom is -0.497 e. The minimum atomic E-state index is -0.697. The van der Waals surface area contributed by atoms with E-state index < -0.39 is 11.9 Å². The molecule has 0 aliphatic carbocycles. The van der Waals surface area contributed by atoms with Gasteiger partial charge in [-0.15, -0.1) is 0 Å². The molecule has 1 heterocycles. The number of esters is 2. The third-order valence-electron chi connectivity index (χ3n) is 5.22. The van der Waals surface area contributed by atoms with Gasteiger partial charge in [0.25, 0.3) is 0 Å². The van der Waals surface area contributed by atoms with E-state index in [9.17, 15) is 9.59 Å². The Bertz CT molecular complexity index is 1310. The van der Waals surface area contributed by atoms with E-state index in [4.69, 9.17) is 19.3 Å². The van der Waals surface area contributed by atoms with E-state index in [0.29, 0.717) is 22.7 Å². The maximum Gasteiger partial charge on any atom is 0.357 e. The summed E-state index contributed by atoms with van der Waals surface area (Å²) < 4.78 is 16.8. The number of aromatic nitrogens is 2. The Morgan fingerprint density at radius 3 is 2.09 bits per heavy atom. The summed E-state index contributed by atoms with van der Waals surface area (Å²) in [5.74, 6) is -0.689. The van der Waals surface area contributed by atoms with Crippen molar-refractivity contribution in [2.75, 3.05) is 21.3 Å². The molecule has 1 aromatic heterocycles. The summed E-state index contributed by atoms with van der Waals surface area (Å²) in [6.07, 6.45) is 0. The van der Waals surface area contributed by atoms with Crippen LogP contribution < -0.4 is 4.74 Å². The molecule has 0 saturated carbocycles. The van der Waals surface area contributed by atoms with Crippen LogP contribution in [0.4, 0.5) is 0 Å². The van der Waals surface area contributed by atoms with Gasteiger partial charge in [-0.1, -0.05) is 54.6 Å². The molecule has 0 fully saturated rings. The lowest BCUT2D eigenvalue weighted by molar-refractivity contribution is 0.0549. The Balaban J connectivity index is 2.04. The van der Waals surface area contributed by atoms with Crippen molar-refractivity contribution in [3.63, 3.8) is 0 Å². The Hall–Kier alpha value is -4.39. The zero-order chi connectivity index (χ0) is 23.4. The monoisotopic (exact) mass is 442 g/mol. The second-order valence-electron chi connectivity index (χ2n) is 7.08. The number of para-hydroxylation sites is 1. The Labute approximate surface area is 191 Å². The molecule has 0 aliphatic heterocycles. The highest BCUT2D eigenvalue weighted by Crippen LogP contribution is 2.36. The van der Waals surface area contributed by atoms with Gasteiger partial charge in [0.05, 0.1) is 27.0 Å². The van der Waals surface area contributed by atoms with E-state index in [-0.39, 0.29) is 11.3 Å². The molecular formula is C26H22N2O5. The Morgan fingerprint density at radius 2 is 1.42 bits per heavy atom. The van der Waals surface area contributed by atoms with Crippen molar-refractivity contribution in [3.05, 3.63) is 90.1 Å². The first-order chi connectivity index (χ1) is 16.1. The molecule has 0 saturated heterocycles. The lowest BCUT2D eigenvalue weighted by Crippen LogP contribution is -2.15. The number of benzene rings is 3. The molecule has 7 heteroatoms. The summed E-state index contributed by atoms with van der Waals surface area (Å²) in [6, 6.07) is 24.1. The van der Waals surface area contributed by atoms with Gasteiger partial charge in [0.2, 0.25) is 0 Å². The number of hydrogen-bond acceptors (Lipinski definition) is 6. The number of carbonyl (C=O) groups excluding carboxylic acids is 2. The summed E-state index contributed by atoms with van der Waals surface area (Å²) in [5.41, 5.74) is 3.28. The molecule has 0 bridgehead atoms. The molecule has 0 aliphatic rings. The summed E-state index contributed by atoms with van der Waals surface area (Å²) in [6.45, 7) is 0. The summed E-state index contributed by atoms with van der Waals surface area (Å²) in [7, 11) is 4.13. The highest BCUT2D eigenvalue weighted by Gasteiger charge is 2.32. The topological polar surface area (TPSA) is 79.7 Å². The largest absolute Gasteiger partial charge is 0.497 e. The van der Waals surface area contributed by atoms with E-state index in [1.165, 1.54) is 18.9 Å². The molecule has 166 valence electrons. The summed E-state index contributed by atoms with van der Waals surface area (Å²) in [5, 5.41) is 4.70. The van der Waals surface area contributed by atoms with E-state index >= 15 is 0 Å². The fourth-order valence-electron chi connectivity index (χ4n) is 3.68. The normalized spacial score (nSPS) is 10.5. The van der Waals surface area contributed by atoms with Gasteiger partial charge in [0, 0.05) is 5.56 Å². The first kappa shape index (κ1) is 21.8. The Morgan fingerprint density at radius 1 is 0.758 bits per heavy atom. The lowest BCUT2D eigenvalue weighted by Gasteiger charge is -2.10. The van der Waals surface area contributed by atoms with Crippen LogP contribution in [0.25, 0.3) is 28.1 Å². The molecule has 0 N–H and O–H groups in total. The van der Waals surface area contributed by atoms with Crippen molar-refractivity contribution in [1.29, 1.82) is 0 Å². The number of nitrogens with zero attached hydrogens (tertiary/aromatic N) is 2. The zero-order valence-electron chi connectivity index (χ0n) is 18.4. The predicted molar refractivity (Wildman–Crippen MR) is 124 cm³/mol. The number of hydrogen-bond donors (Lipinski definition) is 0. The van der Waals surface area contributed by atoms with Gasteiger partial charge in [-0.25, -0.2) is 14.3 Å². The van der Waals surface area contributed by atoms with Gasteiger partial charge in [-0.3, -0.25) is 0 Å². The third-order valence-corrected chi connectivity index (χ3v) is 5.22. The second-order valence-corrected chi connectivity index (χ2v) is 7.08.